The molecule has 0 aromatic heterocycles. The van der Waals surface area contributed by atoms with Crippen LogP contribution < -0.4 is 5.43 Å². The van der Waals surface area contributed by atoms with E-state index in [1.54, 1.807) is 11.8 Å². The van der Waals surface area contributed by atoms with E-state index in [9.17, 15) is 0 Å². The summed E-state index contributed by atoms with van der Waals surface area (Å²) in [5, 5.41) is 1.94. The second-order valence-corrected chi connectivity index (χ2v) is 6.39. The fraction of sp³-hybridized carbons (Fsp3) is 0.417. The SMILES string of the molecule is CN1NC(C)(CCc2ccccc2)SC1=S. The minimum atomic E-state index is 0.0433. The van der Waals surface area contributed by atoms with E-state index in [0.717, 1.165) is 17.2 Å². The van der Waals surface area contributed by atoms with Crippen LogP contribution in [0.3, 0.4) is 0 Å². The fourth-order valence-corrected chi connectivity index (χ4v) is 3.37. The first-order chi connectivity index (χ1) is 7.59. The standard InChI is InChI=1S/C12H16N2S2/c1-12(13-14(2)11(15)16-12)9-8-10-6-4-3-5-7-10/h3-7,13H,8-9H2,1-2H3. The number of aryl methyl sites for hydroxylation is 1. The molecule has 0 amide bonds. The molecule has 0 spiro atoms. The van der Waals surface area contributed by atoms with Gasteiger partial charge in [0.15, 0.2) is 4.32 Å². The van der Waals surface area contributed by atoms with Crippen molar-refractivity contribution in [2.24, 2.45) is 0 Å². The average molecular weight is 252 g/mol. The molecule has 1 N–H and O–H groups in total. The molecule has 0 aliphatic carbocycles. The van der Waals surface area contributed by atoms with Gasteiger partial charge < -0.3 is 0 Å². The number of thioether (sulfide) groups is 1. The maximum Gasteiger partial charge on any atom is 0.152 e. The second kappa shape index (κ2) is 4.73. The van der Waals surface area contributed by atoms with Gasteiger partial charge in [-0.05, 0) is 25.3 Å². The molecule has 0 radical (unpaired) electrons. The van der Waals surface area contributed by atoms with E-state index >= 15 is 0 Å². The molecule has 1 heterocycles. The Balaban J connectivity index is 1.94. The van der Waals surface area contributed by atoms with Crippen molar-refractivity contribution < 1.29 is 0 Å². The maximum atomic E-state index is 5.25. The van der Waals surface area contributed by atoms with Crippen molar-refractivity contribution in [1.82, 2.24) is 10.4 Å². The Kier molecular flexibility index (Phi) is 3.52. The van der Waals surface area contributed by atoms with E-state index in [1.165, 1.54) is 5.56 Å². The Bertz CT molecular complexity index is 380. The van der Waals surface area contributed by atoms with Crippen LogP contribution in [-0.4, -0.2) is 21.2 Å². The lowest BCUT2D eigenvalue weighted by Crippen LogP contribution is -2.41. The lowest BCUT2D eigenvalue weighted by atomic mass is 10.1. The molecule has 1 saturated heterocycles. The van der Waals surface area contributed by atoms with Gasteiger partial charge in [0.25, 0.3) is 0 Å². The van der Waals surface area contributed by atoms with E-state index in [-0.39, 0.29) is 4.87 Å². The van der Waals surface area contributed by atoms with Gasteiger partial charge >= 0.3 is 0 Å². The highest BCUT2D eigenvalue weighted by atomic mass is 32.2. The van der Waals surface area contributed by atoms with E-state index in [2.05, 4.69) is 42.7 Å². The molecule has 4 heteroatoms. The van der Waals surface area contributed by atoms with Crippen molar-refractivity contribution in [3.63, 3.8) is 0 Å². The number of benzene rings is 1. The molecule has 2 nitrogen and oxygen atoms in total. The molecular weight excluding hydrogens is 236 g/mol. The van der Waals surface area contributed by atoms with Crippen LogP contribution in [0, 0.1) is 0 Å². The summed E-state index contributed by atoms with van der Waals surface area (Å²) >= 11 is 6.99. The Morgan fingerprint density at radius 3 is 2.62 bits per heavy atom. The lowest BCUT2D eigenvalue weighted by molar-refractivity contribution is 0.305. The molecule has 1 aliphatic rings. The minimum Gasteiger partial charge on any atom is -0.295 e. The maximum absolute atomic E-state index is 5.25. The predicted molar refractivity (Wildman–Crippen MR) is 74.3 cm³/mol. The molecule has 1 atom stereocenters. The second-order valence-electron chi connectivity index (χ2n) is 4.26. The van der Waals surface area contributed by atoms with E-state index in [4.69, 9.17) is 12.2 Å². The summed E-state index contributed by atoms with van der Waals surface area (Å²) in [6.45, 7) is 2.20. The van der Waals surface area contributed by atoms with Gasteiger partial charge in [-0.1, -0.05) is 54.3 Å². The summed E-state index contributed by atoms with van der Waals surface area (Å²) in [5.41, 5.74) is 4.79. The van der Waals surface area contributed by atoms with Gasteiger partial charge in [-0.3, -0.25) is 5.01 Å². The van der Waals surface area contributed by atoms with Crippen molar-refractivity contribution in [2.75, 3.05) is 7.05 Å². The Hall–Kier alpha value is -0.580. The van der Waals surface area contributed by atoms with Gasteiger partial charge in [0.1, 0.15) is 0 Å². The number of hydrogen-bond donors (Lipinski definition) is 1. The van der Waals surface area contributed by atoms with E-state index in [1.807, 2.05) is 12.1 Å². The quantitative estimate of drug-likeness (QED) is 0.832. The zero-order valence-corrected chi connectivity index (χ0v) is 11.2. The number of rotatable bonds is 3. The van der Waals surface area contributed by atoms with Crippen molar-refractivity contribution in [3.05, 3.63) is 35.9 Å². The third-order valence-corrected chi connectivity index (χ3v) is 4.44. The molecular formula is C12H16N2S2. The van der Waals surface area contributed by atoms with E-state index < -0.39 is 0 Å². The largest absolute Gasteiger partial charge is 0.295 e. The Morgan fingerprint density at radius 2 is 2.06 bits per heavy atom. The summed E-state index contributed by atoms with van der Waals surface area (Å²) in [4.78, 5) is 0.0433. The highest BCUT2D eigenvalue weighted by Crippen LogP contribution is 2.34. The van der Waals surface area contributed by atoms with Crippen LogP contribution in [0.15, 0.2) is 30.3 Å². The van der Waals surface area contributed by atoms with Crippen LogP contribution in [0.2, 0.25) is 0 Å². The Morgan fingerprint density at radius 1 is 1.38 bits per heavy atom. The van der Waals surface area contributed by atoms with Crippen LogP contribution in [-0.2, 0) is 6.42 Å². The molecule has 0 bridgehead atoms. The monoisotopic (exact) mass is 252 g/mol. The third kappa shape index (κ3) is 2.75. The number of hydrogen-bond acceptors (Lipinski definition) is 3. The van der Waals surface area contributed by atoms with E-state index in [0.29, 0.717) is 0 Å². The first-order valence-corrected chi connectivity index (χ1v) is 6.60. The van der Waals surface area contributed by atoms with Gasteiger partial charge in [-0.25, -0.2) is 5.43 Å². The van der Waals surface area contributed by atoms with Gasteiger partial charge in [-0.15, -0.1) is 0 Å². The van der Waals surface area contributed by atoms with Crippen molar-refractivity contribution in [2.45, 2.75) is 24.6 Å². The summed E-state index contributed by atoms with van der Waals surface area (Å²) < 4.78 is 0.926. The summed E-state index contributed by atoms with van der Waals surface area (Å²) in [6, 6.07) is 10.6. The molecule has 2 rings (SSSR count). The first kappa shape index (κ1) is 11.9. The van der Waals surface area contributed by atoms with Gasteiger partial charge in [0, 0.05) is 7.05 Å². The molecule has 16 heavy (non-hydrogen) atoms. The zero-order valence-electron chi connectivity index (χ0n) is 9.56. The average Bonchev–Trinajstić information content (AvgIpc) is 2.53. The minimum absolute atomic E-state index is 0.0433. The molecule has 86 valence electrons. The third-order valence-electron chi connectivity index (χ3n) is 2.72. The van der Waals surface area contributed by atoms with Crippen LogP contribution in [0.1, 0.15) is 18.9 Å². The normalized spacial score (nSPS) is 25.1. The van der Waals surface area contributed by atoms with Gasteiger partial charge in [-0.2, -0.15) is 0 Å². The molecule has 1 unspecified atom stereocenters. The number of nitrogens with zero attached hydrogens (tertiary/aromatic N) is 1. The topological polar surface area (TPSA) is 15.3 Å². The summed E-state index contributed by atoms with van der Waals surface area (Å²) in [6.07, 6.45) is 2.15. The highest BCUT2D eigenvalue weighted by Gasteiger charge is 2.35. The Labute approximate surface area is 106 Å². The van der Waals surface area contributed by atoms with Crippen LogP contribution in [0.4, 0.5) is 0 Å². The zero-order chi connectivity index (χ0) is 11.6. The predicted octanol–water partition coefficient (Wildman–Crippen LogP) is 2.80. The van der Waals surface area contributed by atoms with Crippen molar-refractivity contribution in [3.8, 4) is 0 Å². The molecule has 1 aromatic rings. The van der Waals surface area contributed by atoms with Gasteiger partial charge in [0.2, 0.25) is 0 Å². The molecule has 0 saturated carbocycles. The number of hydrazine groups is 1. The smallest absolute Gasteiger partial charge is 0.152 e. The fourth-order valence-electron chi connectivity index (χ4n) is 1.82. The first-order valence-electron chi connectivity index (χ1n) is 5.37. The summed E-state index contributed by atoms with van der Waals surface area (Å²) in [7, 11) is 1.98. The van der Waals surface area contributed by atoms with Crippen LogP contribution >= 0.6 is 24.0 Å². The van der Waals surface area contributed by atoms with Crippen LogP contribution in [0.5, 0.6) is 0 Å². The van der Waals surface area contributed by atoms with Crippen molar-refractivity contribution in [1.29, 1.82) is 0 Å². The highest BCUT2D eigenvalue weighted by molar-refractivity contribution is 8.24. The molecule has 1 fully saturated rings. The lowest BCUT2D eigenvalue weighted by Gasteiger charge is -2.23. The van der Waals surface area contributed by atoms with Gasteiger partial charge in [0.05, 0.1) is 4.87 Å². The van der Waals surface area contributed by atoms with Crippen molar-refractivity contribution >= 4 is 28.3 Å². The number of thiocarbonyl (C=S) groups is 1. The molecule has 1 aromatic carbocycles. The summed E-state index contributed by atoms with van der Waals surface area (Å²) in [5.74, 6) is 0. The number of nitrogens with one attached hydrogen (secondary N) is 1. The van der Waals surface area contributed by atoms with Crippen LogP contribution in [0.25, 0.3) is 0 Å². The molecule has 1 aliphatic heterocycles.